The van der Waals surface area contributed by atoms with E-state index >= 15 is 0 Å². The molecule has 0 spiro atoms. The van der Waals surface area contributed by atoms with Gasteiger partial charge in [0.05, 0.1) is 13.2 Å². The molecule has 1 heterocycles. The van der Waals surface area contributed by atoms with E-state index < -0.39 is 0 Å². The second kappa shape index (κ2) is 5.66. The van der Waals surface area contributed by atoms with Gasteiger partial charge >= 0.3 is 0 Å². The summed E-state index contributed by atoms with van der Waals surface area (Å²) in [5, 5.41) is 1.95. The van der Waals surface area contributed by atoms with Crippen molar-refractivity contribution in [1.29, 1.82) is 0 Å². The molecule has 4 heteroatoms. The van der Waals surface area contributed by atoms with Gasteiger partial charge in [-0.25, -0.2) is 0 Å². The lowest BCUT2D eigenvalue weighted by atomic mass is 10.1. The summed E-state index contributed by atoms with van der Waals surface area (Å²) in [7, 11) is 1.65. The van der Waals surface area contributed by atoms with Crippen LogP contribution in [0.2, 0.25) is 0 Å². The summed E-state index contributed by atoms with van der Waals surface area (Å²) >= 11 is 1.62. The molecule has 0 fully saturated rings. The minimum absolute atomic E-state index is 0.125. The largest absolute Gasteiger partial charge is 0.496 e. The van der Waals surface area contributed by atoms with Gasteiger partial charge in [-0.3, -0.25) is 11.3 Å². The van der Waals surface area contributed by atoms with Crippen LogP contribution < -0.4 is 16.0 Å². The van der Waals surface area contributed by atoms with Crippen molar-refractivity contribution in [1.82, 2.24) is 5.43 Å². The van der Waals surface area contributed by atoms with Gasteiger partial charge in [0.15, 0.2) is 0 Å². The molecule has 3 nitrogen and oxygen atoms in total. The molecule has 3 N–H and O–H groups in total. The molecular weight excluding hydrogens is 196 g/mol. The van der Waals surface area contributed by atoms with Crippen molar-refractivity contribution < 1.29 is 4.74 Å². The van der Waals surface area contributed by atoms with E-state index in [9.17, 15) is 0 Å². The second-order valence-electron chi connectivity index (χ2n) is 2.85. The Kier molecular flexibility index (Phi) is 4.47. The van der Waals surface area contributed by atoms with Crippen molar-refractivity contribution in [2.75, 3.05) is 7.11 Å². The van der Waals surface area contributed by atoms with Crippen molar-refractivity contribution in [3.8, 4) is 18.1 Å². The predicted molar refractivity (Wildman–Crippen MR) is 59.0 cm³/mol. The molecule has 0 radical (unpaired) electrons. The predicted octanol–water partition coefficient (Wildman–Crippen LogP) is 1.67. The average molecular weight is 210 g/mol. The van der Waals surface area contributed by atoms with Crippen LogP contribution in [0.25, 0.3) is 0 Å². The highest BCUT2D eigenvalue weighted by Crippen LogP contribution is 2.28. The average Bonchev–Trinajstić information content (AvgIpc) is 2.68. The Morgan fingerprint density at radius 1 is 1.79 bits per heavy atom. The van der Waals surface area contributed by atoms with Crippen molar-refractivity contribution in [2.24, 2.45) is 5.84 Å². The first-order chi connectivity index (χ1) is 6.81. The first-order valence-electron chi connectivity index (χ1n) is 4.33. The van der Waals surface area contributed by atoms with Crippen molar-refractivity contribution >= 4 is 11.3 Å². The molecule has 1 rings (SSSR count). The molecule has 0 aliphatic rings. The number of nitrogens with two attached hydrogens (primary N) is 1. The van der Waals surface area contributed by atoms with E-state index in [1.54, 1.807) is 18.4 Å². The third kappa shape index (κ3) is 2.74. The zero-order valence-corrected chi connectivity index (χ0v) is 8.93. The fourth-order valence-corrected chi connectivity index (χ4v) is 2.11. The maximum Gasteiger partial charge on any atom is 0.129 e. The summed E-state index contributed by atoms with van der Waals surface area (Å²) in [6.45, 7) is 0. The number of ether oxygens (including phenoxy) is 1. The van der Waals surface area contributed by atoms with Crippen LogP contribution in [0, 0.1) is 12.3 Å². The number of nitrogens with one attached hydrogen (secondary N) is 1. The Hall–Kier alpha value is -1.02. The van der Waals surface area contributed by atoms with Gasteiger partial charge in [-0.2, -0.15) is 0 Å². The minimum atomic E-state index is 0.125. The van der Waals surface area contributed by atoms with Crippen LogP contribution in [0.3, 0.4) is 0 Å². The van der Waals surface area contributed by atoms with Crippen LogP contribution in [-0.4, -0.2) is 7.11 Å². The topological polar surface area (TPSA) is 47.3 Å². The molecular formula is C10H14N2OS. The summed E-state index contributed by atoms with van der Waals surface area (Å²) in [4.78, 5) is 1.15. The first kappa shape index (κ1) is 11.1. The number of terminal acetylenes is 1. The highest BCUT2D eigenvalue weighted by Gasteiger charge is 2.11. The smallest absolute Gasteiger partial charge is 0.129 e. The SMILES string of the molecule is C#CCCC(NN)c1cc(OC)cs1. The zero-order valence-electron chi connectivity index (χ0n) is 8.12. The molecule has 0 saturated heterocycles. The molecule has 1 atom stereocenters. The molecule has 76 valence electrons. The molecule has 1 aromatic rings. The summed E-state index contributed by atoms with van der Waals surface area (Å²) in [6.07, 6.45) is 6.76. The Labute approximate surface area is 88.2 Å². The summed E-state index contributed by atoms with van der Waals surface area (Å²) < 4.78 is 5.10. The maximum absolute atomic E-state index is 5.44. The van der Waals surface area contributed by atoms with Crippen LogP contribution in [0.5, 0.6) is 5.75 Å². The molecule has 0 saturated carbocycles. The Morgan fingerprint density at radius 2 is 2.57 bits per heavy atom. The third-order valence-corrected chi connectivity index (χ3v) is 2.98. The van der Waals surface area contributed by atoms with E-state index in [4.69, 9.17) is 17.0 Å². The number of hydrogen-bond donors (Lipinski definition) is 2. The number of hydrogen-bond acceptors (Lipinski definition) is 4. The van der Waals surface area contributed by atoms with Gasteiger partial charge in [-0.1, -0.05) is 0 Å². The third-order valence-electron chi connectivity index (χ3n) is 1.95. The second-order valence-corrected chi connectivity index (χ2v) is 3.79. The maximum atomic E-state index is 5.44. The van der Waals surface area contributed by atoms with E-state index in [0.29, 0.717) is 0 Å². The number of methoxy groups -OCH3 is 1. The normalized spacial score (nSPS) is 12.1. The van der Waals surface area contributed by atoms with E-state index in [1.807, 2.05) is 11.4 Å². The first-order valence-corrected chi connectivity index (χ1v) is 5.21. The molecule has 14 heavy (non-hydrogen) atoms. The minimum Gasteiger partial charge on any atom is -0.496 e. The molecule has 0 aromatic carbocycles. The van der Waals surface area contributed by atoms with Gasteiger partial charge in [0, 0.05) is 16.7 Å². The highest BCUT2D eigenvalue weighted by atomic mass is 32.1. The molecule has 0 aliphatic carbocycles. The van der Waals surface area contributed by atoms with Gasteiger partial charge in [0.1, 0.15) is 5.75 Å². The highest BCUT2D eigenvalue weighted by molar-refractivity contribution is 7.10. The number of hydrazine groups is 1. The van der Waals surface area contributed by atoms with E-state index in [2.05, 4.69) is 11.3 Å². The summed E-state index contributed by atoms with van der Waals surface area (Å²) in [5.74, 6) is 8.91. The zero-order chi connectivity index (χ0) is 10.4. The lowest BCUT2D eigenvalue weighted by Crippen LogP contribution is -2.27. The van der Waals surface area contributed by atoms with Gasteiger partial charge < -0.3 is 4.74 Å². The van der Waals surface area contributed by atoms with Crippen molar-refractivity contribution in [3.05, 3.63) is 16.3 Å². The van der Waals surface area contributed by atoms with E-state index in [1.165, 1.54) is 0 Å². The van der Waals surface area contributed by atoms with Crippen LogP contribution in [0.4, 0.5) is 0 Å². The van der Waals surface area contributed by atoms with Crippen molar-refractivity contribution in [3.63, 3.8) is 0 Å². The van der Waals surface area contributed by atoms with Gasteiger partial charge in [-0.15, -0.1) is 23.7 Å². The molecule has 1 aromatic heterocycles. The van der Waals surface area contributed by atoms with Crippen LogP contribution in [0.1, 0.15) is 23.8 Å². The van der Waals surface area contributed by atoms with Gasteiger partial charge in [0.25, 0.3) is 0 Å². The molecule has 0 bridgehead atoms. The van der Waals surface area contributed by atoms with Gasteiger partial charge in [-0.05, 0) is 12.5 Å². The Bertz CT molecular complexity index is 316. The quantitative estimate of drug-likeness (QED) is 0.441. The van der Waals surface area contributed by atoms with Gasteiger partial charge in [0.2, 0.25) is 0 Å². The standard InChI is InChI=1S/C10H14N2OS/c1-3-4-5-9(12-11)10-6-8(13-2)7-14-10/h1,6-7,9,12H,4-5,11H2,2H3. The fourth-order valence-electron chi connectivity index (χ4n) is 1.16. The lowest BCUT2D eigenvalue weighted by Gasteiger charge is -2.11. The summed E-state index contributed by atoms with van der Waals surface area (Å²) in [5.41, 5.74) is 2.75. The fraction of sp³-hybridized carbons (Fsp3) is 0.400. The van der Waals surface area contributed by atoms with E-state index in [0.717, 1.165) is 23.5 Å². The monoisotopic (exact) mass is 210 g/mol. The van der Waals surface area contributed by atoms with E-state index in [-0.39, 0.29) is 6.04 Å². The number of rotatable bonds is 5. The van der Waals surface area contributed by atoms with Crippen LogP contribution in [-0.2, 0) is 0 Å². The molecule has 0 aliphatic heterocycles. The lowest BCUT2D eigenvalue weighted by molar-refractivity contribution is 0.415. The molecule has 0 amide bonds. The Morgan fingerprint density at radius 3 is 3.07 bits per heavy atom. The van der Waals surface area contributed by atoms with Crippen LogP contribution in [0.15, 0.2) is 11.4 Å². The number of thiophene rings is 1. The molecule has 1 unspecified atom stereocenters. The van der Waals surface area contributed by atoms with Crippen LogP contribution >= 0.6 is 11.3 Å². The van der Waals surface area contributed by atoms with Crippen molar-refractivity contribution in [2.45, 2.75) is 18.9 Å². The summed E-state index contributed by atoms with van der Waals surface area (Å²) in [6, 6.07) is 2.10. The Balaban J connectivity index is 2.64.